The summed E-state index contributed by atoms with van der Waals surface area (Å²) >= 11 is 5.97. The van der Waals surface area contributed by atoms with Gasteiger partial charge in [-0.1, -0.05) is 17.7 Å². The van der Waals surface area contributed by atoms with E-state index < -0.39 is 9.84 Å². The van der Waals surface area contributed by atoms with Crippen LogP contribution in [0.15, 0.2) is 18.2 Å². The first-order valence-electron chi connectivity index (χ1n) is 5.42. The van der Waals surface area contributed by atoms with Crippen LogP contribution in [0.3, 0.4) is 0 Å². The third-order valence-electron chi connectivity index (χ3n) is 3.01. The molecule has 1 heterocycles. The van der Waals surface area contributed by atoms with E-state index in [4.69, 9.17) is 17.3 Å². The van der Waals surface area contributed by atoms with Crippen molar-refractivity contribution in [3.05, 3.63) is 23.2 Å². The molecule has 1 atom stereocenters. The van der Waals surface area contributed by atoms with Crippen LogP contribution in [-0.4, -0.2) is 32.5 Å². The summed E-state index contributed by atoms with van der Waals surface area (Å²) in [5.74, 6) is 0.336. The molecule has 0 spiro atoms. The highest BCUT2D eigenvalue weighted by atomic mass is 35.5. The molecule has 1 saturated heterocycles. The molecule has 1 aromatic rings. The summed E-state index contributed by atoms with van der Waals surface area (Å²) in [7, 11) is -2.91. The van der Waals surface area contributed by atoms with Crippen molar-refractivity contribution < 1.29 is 8.42 Å². The Balaban J connectivity index is 2.33. The van der Waals surface area contributed by atoms with Crippen molar-refractivity contribution in [3.8, 4) is 0 Å². The zero-order chi connectivity index (χ0) is 12.6. The summed E-state index contributed by atoms with van der Waals surface area (Å²) in [6, 6.07) is 5.35. The molecule has 1 aliphatic heterocycles. The molecular formula is C11H15ClN2O2S. The van der Waals surface area contributed by atoms with Crippen molar-refractivity contribution in [2.24, 2.45) is 0 Å². The van der Waals surface area contributed by atoms with Crippen LogP contribution < -0.4 is 10.6 Å². The maximum Gasteiger partial charge on any atom is 0.154 e. The molecule has 0 bridgehead atoms. The van der Waals surface area contributed by atoms with Gasteiger partial charge in [0.15, 0.2) is 9.84 Å². The number of hydrogen-bond acceptors (Lipinski definition) is 4. The van der Waals surface area contributed by atoms with Crippen LogP contribution in [0.5, 0.6) is 0 Å². The van der Waals surface area contributed by atoms with Gasteiger partial charge >= 0.3 is 0 Å². The lowest BCUT2D eigenvalue weighted by atomic mass is 10.2. The number of hydrogen-bond donors (Lipinski definition) is 1. The average Bonchev–Trinajstić information content (AvgIpc) is 2.22. The average molecular weight is 275 g/mol. The smallest absolute Gasteiger partial charge is 0.154 e. The zero-order valence-electron chi connectivity index (χ0n) is 9.56. The molecular weight excluding hydrogens is 260 g/mol. The van der Waals surface area contributed by atoms with E-state index >= 15 is 0 Å². The van der Waals surface area contributed by atoms with E-state index in [2.05, 4.69) is 0 Å². The minimum absolute atomic E-state index is 0.0745. The van der Waals surface area contributed by atoms with E-state index in [1.807, 2.05) is 24.0 Å². The van der Waals surface area contributed by atoms with Crippen LogP contribution in [0.1, 0.15) is 6.92 Å². The topological polar surface area (TPSA) is 63.4 Å². The van der Waals surface area contributed by atoms with Gasteiger partial charge in [-0.05, 0) is 19.1 Å². The van der Waals surface area contributed by atoms with E-state index in [1.165, 1.54) is 0 Å². The van der Waals surface area contributed by atoms with E-state index in [1.54, 1.807) is 6.07 Å². The van der Waals surface area contributed by atoms with Gasteiger partial charge in [0.2, 0.25) is 0 Å². The van der Waals surface area contributed by atoms with Gasteiger partial charge < -0.3 is 10.6 Å². The number of para-hydroxylation sites is 1. The second kappa shape index (κ2) is 4.38. The fraction of sp³-hybridized carbons (Fsp3) is 0.455. The first kappa shape index (κ1) is 12.5. The molecule has 1 aliphatic rings. The standard InChI is InChI=1S/C11H15ClN2O2S/c1-8-7-17(15,16)6-5-14(8)10-4-2-3-9(12)11(10)13/h2-4,8H,5-7,13H2,1H3. The quantitative estimate of drug-likeness (QED) is 0.789. The van der Waals surface area contributed by atoms with Crippen molar-refractivity contribution >= 4 is 32.8 Å². The normalized spacial score (nSPS) is 23.6. The number of nitrogens with zero attached hydrogens (tertiary/aromatic N) is 1. The van der Waals surface area contributed by atoms with E-state index in [0.717, 1.165) is 5.69 Å². The van der Waals surface area contributed by atoms with Crippen molar-refractivity contribution in [1.29, 1.82) is 0 Å². The van der Waals surface area contributed by atoms with Gasteiger partial charge in [-0.15, -0.1) is 0 Å². The number of nitrogens with two attached hydrogens (primary N) is 1. The SMILES string of the molecule is CC1CS(=O)(=O)CCN1c1cccc(Cl)c1N. The monoisotopic (exact) mass is 274 g/mol. The number of anilines is 2. The zero-order valence-corrected chi connectivity index (χ0v) is 11.1. The molecule has 6 heteroatoms. The highest BCUT2D eigenvalue weighted by Crippen LogP contribution is 2.32. The third-order valence-corrected chi connectivity index (χ3v) is 5.13. The molecule has 1 aromatic carbocycles. The molecule has 1 unspecified atom stereocenters. The third kappa shape index (κ3) is 2.50. The molecule has 94 valence electrons. The number of benzene rings is 1. The van der Waals surface area contributed by atoms with Gasteiger partial charge in [0, 0.05) is 12.6 Å². The molecule has 2 rings (SSSR count). The lowest BCUT2D eigenvalue weighted by molar-refractivity contribution is 0.568. The molecule has 1 fully saturated rings. The van der Waals surface area contributed by atoms with E-state index in [0.29, 0.717) is 17.3 Å². The van der Waals surface area contributed by atoms with Crippen LogP contribution in [0, 0.1) is 0 Å². The summed E-state index contributed by atoms with van der Waals surface area (Å²) in [5, 5.41) is 0.503. The minimum atomic E-state index is -2.91. The first-order chi connectivity index (χ1) is 7.91. The van der Waals surface area contributed by atoms with Gasteiger partial charge in [-0.2, -0.15) is 0 Å². The predicted molar refractivity (Wildman–Crippen MR) is 71.3 cm³/mol. The maximum absolute atomic E-state index is 11.5. The van der Waals surface area contributed by atoms with Gasteiger partial charge in [-0.25, -0.2) is 8.42 Å². The summed E-state index contributed by atoms with van der Waals surface area (Å²) < 4.78 is 23.0. The highest BCUT2D eigenvalue weighted by molar-refractivity contribution is 7.91. The van der Waals surface area contributed by atoms with Gasteiger partial charge in [0.05, 0.1) is 27.9 Å². The lowest BCUT2D eigenvalue weighted by Gasteiger charge is -2.35. The molecule has 0 radical (unpaired) electrons. The number of halogens is 1. The second-order valence-electron chi connectivity index (χ2n) is 4.33. The molecule has 17 heavy (non-hydrogen) atoms. The molecule has 0 aliphatic carbocycles. The van der Waals surface area contributed by atoms with E-state index in [9.17, 15) is 8.42 Å². The summed E-state index contributed by atoms with van der Waals surface area (Å²) in [5.41, 5.74) is 7.25. The predicted octanol–water partition coefficient (Wildman–Crippen LogP) is 1.55. The van der Waals surface area contributed by atoms with Crippen LogP contribution in [-0.2, 0) is 9.84 Å². The Morgan fingerprint density at radius 1 is 1.47 bits per heavy atom. The van der Waals surface area contributed by atoms with Gasteiger partial charge in [0.25, 0.3) is 0 Å². The Kier molecular flexibility index (Phi) is 3.23. The van der Waals surface area contributed by atoms with E-state index in [-0.39, 0.29) is 17.5 Å². The second-order valence-corrected chi connectivity index (χ2v) is 6.97. The van der Waals surface area contributed by atoms with Gasteiger partial charge in [0.1, 0.15) is 0 Å². The van der Waals surface area contributed by atoms with Crippen molar-refractivity contribution in [2.45, 2.75) is 13.0 Å². The Hall–Kier alpha value is -0.940. The summed E-state index contributed by atoms with van der Waals surface area (Å²) in [4.78, 5) is 2.00. The maximum atomic E-state index is 11.5. The highest BCUT2D eigenvalue weighted by Gasteiger charge is 2.29. The molecule has 0 saturated carbocycles. The van der Waals surface area contributed by atoms with Gasteiger partial charge in [-0.3, -0.25) is 0 Å². The van der Waals surface area contributed by atoms with Crippen LogP contribution >= 0.6 is 11.6 Å². The number of sulfone groups is 1. The van der Waals surface area contributed by atoms with Crippen LogP contribution in [0.4, 0.5) is 11.4 Å². The van der Waals surface area contributed by atoms with Crippen molar-refractivity contribution in [2.75, 3.05) is 28.7 Å². The van der Waals surface area contributed by atoms with Crippen LogP contribution in [0.25, 0.3) is 0 Å². The Morgan fingerprint density at radius 2 is 2.18 bits per heavy atom. The molecule has 2 N–H and O–H groups in total. The fourth-order valence-electron chi connectivity index (χ4n) is 2.13. The van der Waals surface area contributed by atoms with Crippen molar-refractivity contribution in [1.82, 2.24) is 0 Å². The van der Waals surface area contributed by atoms with Crippen molar-refractivity contribution in [3.63, 3.8) is 0 Å². The molecule has 0 aromatic heterocycles. The largest absolute Gasteiger partial charge is 0.396 e. The Bertz CT molecular complexity index is 530. The fourth-order valence-corrected chi connectivity index (χ4v) is 3.86. The molecule has 0 amide bonds. The first-order valence-corrected chi connectivity index (χ1v) is 7.62. The Morgan fingerprint density at radius 3 is 2.82 bits per heavy atom. The summed E-state index contributed by atoms with van der Waals surface area (Å²) in [6.45, 7) is 2.35. The lowest BCUT2D eigenvalue weighted by Crippen LogP contribution is -2.47. The van der Waals surface area contributed by atoms with Crippen LogP contribution in [0.2, 0.25) is 5.02 Å². The summed E-state index contributed by atoms with van der Waals surface area (Å²) in [6.07, 6.45) is 0. The number of nitrogen functional groups attached to an aromatic ring is 1. The number of rotatable bonds is 1. The minimum Gasteiger partial charge on any atom is -0.396 e. The molecule has 4 nitrogen and oxygen atoms in total. The Labute approximate surface area is 106 Å².